The summed E-state index contributed by atoms with van der Waals surface area (Å²) in [4.78, 5) is 11.6. The van der Waals surface area contributed by atoms with E-state index in [-0.39, 0.29) is 0 Å². The Bertz CT molecular complexity index is 1040. The summed E-state index contributed by atoms with van der Waals surface area (Å²) in [6.45, 7) is 1.63. The Kier molecular flexibility index (Phi) is 3.41. The van der Waals surface area contributed by atoms with Gasteiger partial charge in [-0.1, -0.05) is 5.92 Å². The molecule has 1 unspecified atom stereocenters. The molecule has 0 radical (unpaired) electrons. The second-order valence-corrected chi connectivity index (χ2v) is 6.36. The van der Waals surface area contributed by atoms with Crippen LogP contribution in [0.3, 0.4) is 0 Å². The number of thiazole rings is 1. The van der Waals surface area contributed by atoms with Gasteiger partial charge in [0.1, 0.15) is 10.7 Å². The van der Waals surface area contributed by atoms with E-state index in [0.29, 0.717) is 10.7 Å². The van der Waals surface area contributed by atoms with Gasteiger partial charge in [-0.2, -0.15) is 5.10 Å². The highest BCUT2D eigenvalue weighted by Crippen LogP contribution is 2.28. The highest BCUT2D eigenvalue weighted by molar-refractivity contribution is 7.09. The van der Waals surface area contributed by atoms with Crippen molar-refractivity contribution in [1.29, 1.82) is 0 Å². The standard InChI is InChI=1S/C17H13N5OS/c1-17(23,16-18-4-5-24-16)3-2-12-6-13-14(11-7-21-22-8-11)9-20-15(13)10-19-12/h4-10,20,23H,1H3,(H,21,22). The molecule has 1 atom stereocenters. The lowest BCUT2D eigenvalue weighted by atomic mass is 10.1. The molecule has 0 aromatic carbocycles. The Labute approximate surface area is 141 Å². The third-order valence-corrected chi connectivity index (χ3v) is 4.64. The second-order valence-electron chi connectivity index (χ2n) is 5.46. The fourth-order valence-electron chi connectivity index (χ4n) is 2.43. The summed E-state index contributed by atoms with van der Waals surface area (Å²) in [5.74, 6) is 5.80. The molecule has 0 saturated carbocycles. The van der Waals surface area contributed by atoms with Crippen molar-refractivity contribution >= 4 is 22.2 Å². The quantitative estimate of drug-likeness (QED) is 0.491. The molecule has 118 valence electrons. The van der Waals surface area contributed by atoms with Gasteiger partial charge in [-0.3, -0.25) is 5.10 Å². The number of rotatable bonds is 2. The maximum Gasteiger partial charge on any atom is 0.174 e. The molecular formula is C17H13N5OS. The minimum Gasteiger partial charge on any atom is -0.371 e. The zero-order valence-electron chi connectivity index (χ0n) is 12.7. The van der Waals surface area contributed by atoms with Crippen LogP contribution in [0.4, 0.5) is 0 Å². The maximum atomic E-state index is 10.4. The zero-order valence-corrected chi connectivity index (χ0v) is 13.6. The number of hydrogen-bond acceptors (Lipinski definition) is 5. The van der Waals surface area contributed by atoms with Gasteiger partial charge in [-0.15, -0.1) is 11.3 Å². The number of aromatic amines is 2. The normalized spacial score (nSPS) is 13.4. The number of hydrogen-bond donors (Lipinski definition) is 3. The van der Waals surface area contributed by atoms with Crippen molar-refractivity contribution in [3.8, 4) is 23.0 Å². The van der Waals surface area contributed by atoms with Crippen LogP contribution in [0.1, 0.15) is 17.6 Å². The minimum absolute atomic E-state index is 0.566. The topological polar surface area (TPSA) is 90.5 Å². The van der Waals surface area contributed by atoms with Crippen molar-refractivity contribution in [3.05, 3.63) is 53.1 Å². The van der Waals surface area contributed by atoms with Crippen LogP contribution >= 0.6 is 11.3 Å². The molecule has 4 aromatic rings. The van der Waals surface area contributed by atoms with Crippen molar-refractivity contribution in [1.82, 2.24) is 25.1 Å². The van der Waals surface area contributed by atoms with E-state index in [1.54, 1.807) is 25.5 Å². The van der Waals surface area contributed by atoms with Crippen molar-refractivity contribution in [2.24, 2.45) is 0 Å². The Hall–Kier alpha value is -2.95. The number of aromatic nitrogens is 5. The van der Waals surface area contributed by atoms with Gasteiger partial charge < -0.3 is 10.1 Å². The van der Waals surface area contributed by atoms with E-state index in [2.05, 4.69) is 37.0 Å². The number of H-pyrrole nitrogens is 2. The Balaban J connectivity index is 1.74. The summed E-state index contributed by atoms with van der Waals surface area (Å²) >= 11 is 1.37. The van der Waals surface area contributed by atoms with Crippen LogP contribution in [0.2, 0.25) is 0 Å². The van der Waals surface area contributed by atoms with E-state index in [4.69, 9.17) is 0 Å². The SMILES string of the molecule is CC(O)(C#Cc1cc2c(-c3cn[nH]c3)c[nH]c2cn1)c1nccs1. The highest BCUT2D eigenvalue weighted by atomic mass is 32.1. The number of nitrogens with one attached hydrogen (secondary N) is 2. The van der Waals surface area contributed by atoms with E-state index >= 15 is 0 Å². The fraction of sp³-hybridized carbons (Fsp3) is 0.118. The number of nitrogens with zero attached hydrogens (tertiary/aromatic N) is 3. The van der Waals surface area contributed by atoms with E-state index in [1.165, 1.54) is 11.3 Å². The molecule has 0 aliphatic rings. The van der Waals surface area contributed by atoms with Gasteiger partial charge in [-0.25, -0.2) is 9.97 Å². The van der Waals surface area contributed by atoms with Crippen molar-refractivity contribution in [3.63, 3.8) is 0 Å². The summed E-state index contributed by atoms with van der Waals surface area (Å²) in [6, 6.07) is 1.90. The first-order valence-electron chi connectivity index (χ1n) is 7.25. The smallest absolute Gasteiger partial charge is 0.174 e. The molecule has 0 spiro atoms. The highest BCUT2D eigenvalue weighted by Gasteiger charge is 2.22. The van der Waals surface area contributed by atoms with Crippen LogP contribution in [0.15, 0.2) is 42.4 Å². The summed E-state index contributed by atoms with van der Waals surface area (Å²) in [5.41, 5.74) is 2.22. The van der Waals surface area contributed by atoms with E-state index in [1.807, 2.05) is 23.8 Å². The third kappa shape index (κ3) is 2.58. The lowest BCUT2D eigenvalue weighted by Crippen LogP contribution is -2.18. The summed E-state index contributed by atoms with van der Waals surface area (Å²) < 4.78 is 0. The third-order valence-electron chi connectivity index (χ3n) is 3.66. The van der Waals surface area contributed by atoms with Crippen molar-refractivity contribution < 1.29 is 5.11 Å². The first kappa shape index (κ1) is 14.6. The Morgan fingerprint density at radius 1 is 1.25 bits per heavy atom. The van der Waals surface area contributed by atoms with Gasteiger partial charge in [0.2, 0.25) is 0 Å². The Morgan fingerprint density at radius 3 is 2.92 bits per heavy atom. The molecular weight excluding hydrogens is 322 g/mol. The van der Waals surface area contributed by atoms with Crippen LogP contribution < -0.4 is 0 Å². The summed E-state index contributed by atoms with van der Waals surface area (Å²) in [5, 5.41) is 20.6. The van der Waals surface area contributed by atoms with Crippen molar-refractivity contribution in [2.75, 3.05) is 0 Å². The molecule has 7 heteroatoms. The van der Waals surface area contributed by atoms with Crippen LogP contribution in [0.5, 0.6) is 0 Å². The molecule has 4 rings (SSSR count). The van der Waals surface area contributed by atoms with Gasteiger partial charge in [0, 0.05) is 40.5 Å². The minimum atomic E-state index is -1.30. The van der Waals surface area contributed by atoms with Gasteiger partial charge in [0.15, 0.2) is 5.60 Å². The van der Waals surface area contributed by atoms with Crippen LogP contribution in [-0.4, -0.2) is 30.3 Å². The van der Waals surface area contributed by atoms with Crippen LogP contribution in [0, 0.1) is 11.8 Å². The van der Waals surface area contributed by atoms with Crippen molar-refractivity contribution in [2.45, 2.75) is 12.5 Å². The molecule has 0 aliphatic heterocycles. The molecule has 4 heterocycles. The largest absolute Gasteiger partial charge is 0.371 e. The first-order valence-corrected chi connectivity index (χ1v) is 8.13. The zero-order chi connectivity index (χ0) is 16.6. The lowest BCUT2D eigenvalue weighted by molar-refractivity contribution is 0.122. The first-order chi connectivity index (χ1) is 11.6. The Morgan fingerprint density at radius 2 is 2.17 bits per heavy atom. The predicted molar refractivity (Wildman–Crippen MR) is 92.2 cm³/mol. The molecule has 0 fully saturated rings. The fourth-order valence-corrected chi connectivity index (χ4v) is 3.08. The summed E-state index contributed by atoms with van der Waals surface area (Å²) in [7, 11) is 0. The number of pyridine rings is 1. The molecule has 0 saturated heterocycles. The average molecular weight is 335 g/mol. The van der Waals surface area contributed by atoms with Crippen LogP contribution in [-0.2, 0) is 5.60 Å². The number of aliphatic hydroxyl groups is 1. The van der Waals surface area contributed by atoms with E-state index in [0.717, 1.165) is 22.0 Å². The molecule has 0 bridgehead atoms. The van der Waals surface area contributed by atoms with Gasteiger partial charge in [0.05, 0.1) is 17.9 Å². The molecule has 4 aromatic heterocycles. The van der Waals surface area contributed by atoms with Gasteiger partial charge >= 0.3 is 0 Å². The second kappa shape index (κ2) is 5.60. The predicted octanol–water partition coefficient (Wildman–Crippen LogP) is 2.67. The molecule has 0 aliphatic carbocycles. The molecule has 6 nitrogen and oxygen atoms in total. The monoisotopic (exact) mass is 335 g/mol. The van der Waals surface area contributed by atoms with Crippen LogP contribution in [0.25, 0.3) is 22.0 Å². The van der Waals surface area contributed by atoms with Gasteiger partial charge in [-0.05, 0) is 18.9 Å². The molecule has 0 amide bonds. The summed E-state index contributed by atoms with van der Waals surface area (Å²) in [6.07, 6.45) is 8.90. The number of fused-ring (bicyclic) bond motifs is 1. The molecule has 24 heavy (non-hydrogen) atoms. The lowest BCUT2D eigenvalue weighted by Gasteiger charge is -2.11. The average Bonchev–Trinajstić information content (AvgIpc) is 3.32. The van der Waals surface area contributed by atoms with Gasteiger partial charge in [0.25, 0.3) is 0 Å². The van der Waals surface area contributed by atoms with E-state index < -0.39 is 5.60 Å². The van der Waals surface area contributed by atoms with E-state index in [9.17, 15) is 5.11 Å². The maximum absolute atomic E-state index is 10.4. The molecule has 3 N–H and O–H groups in total.